The molecule has 1 heterocycles. The van der Waals surface area contributed by atoms with Crippen molar-refractivity contribution >= 4 is 5.91 Å². The molecular weight excluding hydrogens is 264 g/mol. The van der Waals surface area contributed by atoms with Crippen LogP contribution in [0.3, 0.4) is 0 Å². The van der Waals surface area contributed by atoms with Gasteiger partial charge in [-0.2, -0.15) is 0 Å². The van der Waals surface area contributed by atoms with Crippen LogP contribution in [0.4, 0.5) is 0 Å². The number of nitrogens with zero attached hydrogens (tertiary/aromatic N) is 4. The first-order valence-corrected chi connectivity index (χ1v) is 7.57. The second-order valence-corrected chi connectivity index (χ2v) is 5.73. The van der Waals surface area contributed by atoms with Crippen molar-refractivity contribution in [2.24, 2.45) is 11.0 Å². The van der Waals surface area contributed by atoms with E-state index in [9.17, 15) is 4.79 Å². The van der Waals surface area contributed by atoms with Gasteiger partial charge in [0.05, 0.1) is 6.04 Å². The number of likely N-dealkylation sites (tertiary alicyclic amines) is 1. The van der Waals surface area contributed by atoms with Gasteiger partial charge in [-0.15, -0.1) is 0 Å². The van der Waals surface area contributed by atoms with E-state index < -0.39 is 0 Å². The van der Waals surface area contributed by atoms with Crippen molar-refractivity contribution in [2.75, 3.05) is 13.1 Å². The zero-order valence-electron chi connectivity index (χ0n) is 12.5. The fraction of sp³-hybridized carbons (Fsp3) is 0.562. The van der Waals surface area contributed by atoms with Crippen LogP contribution in [-0.2, 0) is 4.79 Å². The molecule has 1 amide bonds. The minimum Gasteiger partial charge on any atom is -0.343 e. The highest BCUT2D eigenvalue weighted by molar-refractivity contribution is 5.76. The topological polar surface area (TPSA) is 69.1 Å². The van der Waals surface area contributed by atoms with E-state index >= 15 is 0 Å². The lowest BCUT2D eigenvalue weighted by Crippen LogP contribution is -2.32. The van der Waals surface area contributed by atoms with Crippen molar-refractivity contribution < 1.29 is 4.79 Å². The van der Waals surface area contributed by atoms with Gasteiger partial charge in [0.2, 0.25) is 5.91 Å². The minimum absolute atomic E-state index is 0.204. The largest absolute Gasteiger partial charge is 0.343 e. The van der Waals surface area contributed by atoms with Crippen LogP contribution in [0.1, 0.15) is 44.2 Å². The summed E-state index contributed by atoms with van der Waals surface area (Å²) in [4.78, 5) is 17.0. The molecule has 1 saturated heterocycles. The average molecular weight is 286 g/mol. The number of rotatable bonds is 5. The van der Waals surface area contributed by atoms with E-state index in [-0.39, 0.29) is 11.9 Å². The monoisotopic (exact) mass is 286 g/mol. The molecule has 1 aromatic carbocycles. The molecule has 0 spiro atoms. The van der Waals surface area contributed by atoms with Crippen molar-refractivity contribution in [3.8, 4) is 0 Å². The van der Waals surface area contributed by atoms with Crippen LogP contribution in [-0.4, -0.2) is 23.9 Å². The van der Waals surface area contributed by atoms with Gasteiger partial charge in [-0.05, 0) is 36.3 Å². The Hall–Kier alpha value is -2.00. The summed E-state index contributed by atoms with van der Waals surface area (Å²) in [6, 6.07) is 9.54. The lowest BCUT2D eigenvalue weighted by atomic mass is 10.0. The van der Waals surface area contributed by atoms with E-state index in [1.165, 1.54) is 0 Å². The molecule has 0 aromatic heterocycles. The highest BCUT2D eigenvalue weighted by Crippen LogP contribution is 2.23. The Balaban J connectivity index is 1.98. The van der Waals surface area contributed by atoms with Crippen molar-refractivity contribution in [2.45, 2.75) is 38.6 Å². The van der Waals surface area contributed by atoms with Gasteiger partial charge in [0.15, 0.2) is 0 Å². The Labute approximate surface area is 125 Å². The molecule has 0 saturated carbocycles. The Morgan fingerprint density at radius 3 is 2.86 bits per heavy atom. The van der Waals surface area contributed by atoms with Crippen molar-refractivity contribution in [3.63, 3.8) is 0 Å². The third kappa shape index (κ3) is 4.50. The minimum atomic E-state index is -0.204. The van der Waals surface area contributed by atoms with E-state index in [2.05, 4.69) is 16.9 Å². The van der Waals surface area contributed by atoms with Crippen LogP contribution in [0.25, 0.3) is 10.4 Å². The Bertz CT molecular complexity index is 510. The SMILES string of the molecule is C[C@@H]1CCC(=O)N(CC[C@H](N=[N+]=[N-])c2ccccc2)CC1. The van der Waals surface area contributed by atoms with E-state index in [1.54, 1.807) is 0 Å². The number of benzene rings is 1. The van der Waals surface area contributed by atoms with Gasteiger partial charge in [-0.1, -0.05) is 42.4 Å². The van der Waals surface area contributed by atoms with Gasteiger partial charge in [0.25, 0.3) is 0 Å². The van der Waals surface area contributed by atoms with Crippen molar-refractivity contribution in [3.05, 3.63) is 46.3 Å². The van der Waals surface area contributed by atoms with E-state index in [1.807, 2.05) is 35.2 Å². The highest BCUT2D eigenvalue weighted by Gasteiger charge is 2.21. The second-order valence-electron chi connectivity index (χ2n) is 5.73. The molecule has 0 unspecified atom stereocenters. The fourth-order valence-corrected chi connectivity index (χ4v) is 2.72. The summed E-state index contributed by atoms with van der Waals surface area (Å²) in [5, 5.41) is 3.88. The van der Waals surface area contributed by atoms with Crippen LogP contribution in [0.5, 0.6) is 0 Å². The van der Waals surface area contributed by atoms with Gasteiger partial charge in [-0.3, -0.25) is 4.79 Å². The van der Waals surface area contributed by atoms with Gasteiger partial charge >= 0.3 is 0 Å². The molecule has 0 radical (unpaired) electrons. The quantitative estimate of drug-likeness (QED) is 0.457. The van der Waals surface area contributed by atoms with Gasteiger partial charge in [0.1, 0.15) is 0 Å². The maximum Gasteiger partial charge on any atom is 0.222 e. The number of carbonyl (C=O) groups excluding carboxylic acids is 1. The van der Waals surface area contributed by atoms with E-state index in [4.69, 9.17) is 5.53 Å². The molecule has 0 N–H and O–H groups in total. The summed E-state index contributed by atoms with van der Waals surface area (Å²) in [6.07, 6.45) is 3.35. The molecule has 5 heteroatoms. The smallest absolute Gasteiger partial charge is 0.222 e. The number of carbonyl (C=O) groups is 1. The maximum atomic E-state index is 12.1. The summed E-state index contributed by atoms with van der Waals surface area (Å²) < 4.78 is 0. The summed E-state index contributed by atoms with van der Waals surface area (Å²) in [6.45, 7) is 3.67. The third-order valence-corrected chi connectivity index (χ3v) is 4.14. The van der Waals surface area contributed by atoms with Crippen molar-refractivity contribution in [1.29, 1.82) is 0 Å². The van der Waals surface area contributed by atoms with Gasteiger partial charge < -0.3 is 4.90 Å². The number of azide groups is 1. The van der Waals surface area contributed by atoms with Crippen LogP contribution in [0.15, 0.2) is 35.4 Å². The third-order valence-electron chi connectivity index (χ3n) is 4.14. The number of hydrogen-bond acceptors (Lipinski definition) is 2. The summed E-state index contributed by atoms with van der Waals surface area (Å²) in [7, 11) is 0. The first-order chi connectivity index (χ1) is 10.2. The molecule has 1 fully saturated rings. The summed E-state index contributed by atoms with van der Waals surface area (Å²) >= 11 is 0. The Morgan fingerprint density at radius 1 is 1.38 bits per heavy atom. The molecule has 1 aliphatic heterocycles. The standard InChI is InChI=1S/C16H22N4O/c1-13-7-8-16(21)20(11-9-13)12-10-15(18-19-17)14-5-3-2-4-6-14/h2-6,13,15H,7-12H2,1H3/t13-,15+/m1/s1. The summed E-state index contributed by atoms with van der Waals surface area (Å²) in [5.41, 5.74) is 9.75. The molecule has 0 bridgehead atoms. The molecule has 2 rings (SSSR count). The van der Waals surface area contributed by atoms with Gasteiger partial charge in [-0.25, -0.2) is 0 Å². The molecule has 5 nitrogen and oxygen atoms in total. The molecule has 0 aliphatic carbocycles. The van der Waals surface area contributed by atoms with Crippen LogP contribution in [0, 0.1) is 5.92 Å². The molecule has 1 aromatic rings. The second kappa shape index (κ2) is 7.70. The van der Waals surface area contributed by atoms with Crippen LogP contribution < -0.4 is 0 Å². The highest BCUT2D eigenvalue weighted by atomic mass is 16.2. The van der Waals surface area contributed by atoms with Crippen LogP contribution in [0.2, 0.25) is 0 Å². The van der Waals surface area contributed by atoms with Gasteiger partial charge in [0, 0.05) is 24.4 Å². The Morgan fingerprint density at radius 2 is 2.14 bits per heavy atom. The predicted octanol–water partition coefficient (Wildman–Crippen LogP) is 4.08. The summed E-state index contributed by atoms with van der Waals surface area (Å²) in [5.74, 6) is 0.841. The molecule has 2 atom stereocenters. The molecule has 112 valence electrons. The maximum absolute atomic E-state index is 12.1. The lowest BCUT2D eigenvalue weighted by Gasteiger charge is -2.22. The zero-order valence-corrected chi connectivity index (χ0v) is 12.5. The molecular formula is C16H22N4O. The Kier molecular flexibility index (Phi) is 5.64. The van der Waals surface area contributed by atoms with Crippen LogP contribution >= 0.6 is 0 Å². The number of amides is 1. The molecule has 21 heavy (non-hydrogen) atoms. The van der Waals surface area contributed by atoms with Crippen molar-refractivity contribution in [1.82, 2.24) is 4.90 Å². The van der Waals surface area contributed by atoms with E-state index in [0.29, 0.717) is 25.3 Å². The average Bonchev–Trinajstić information content (AvgIpc) is 2.67. The lowest BCUT2D eigenvalue weighted by molar-refractivity contribution is -0.130. The first kappa shape index (κ1) is 15.4. The van der Waals surface area contributed by atoms with E-state index in [0.717, 1.165) is 24.9 Å². The number of hydrogen-bond donors (Lipinski definition) is 0. The first-order valence-electron chi connectivity index (χ1n) is 7.57. The predicted molar refractivity (Wildman–Crippen MR) is 82.5 cm³/mol. The fourth-order valence-electron chi connectivity index (χ4n) is 2.72. The zero-order chi connectivity index (χ0) is 15.1. The normalized spacial score (nSPS) is 20.5. The molecule has 1 aliphatic rings.